The number of hydrogen-bond donors (Lipinski definition) is 2. The van der Waals surface area contributed by atoms with E-state index in [0.717, 1.165) is 43.7 Å². The maximum absolute atomic E-state index is 12.0. The van der Waals surface area contributed by atoms with Crippen molar-refractivity contribution in [3.63, 3.8) is 0 Å². The molecule has 0 bridgehead atoms. The van der Waals surface area contributed by atoms with Gasteiger partial charge in [0.1, 0.15) is 17.1 Å². The molecule has 1 aromatic heterocycles. The summed E-state index contributed by atoms with van der Waals surface area (Å²) in [6.07, 6.45) is 3.68. The maximum Gasteiger partial charge on any atom is 0.408 e. The van der Waals surface area contributed by atoms with Crippen LogP contribution in [0.4, 0.5) is 4.79 Å². The Labute approximate surface area is 132 Å². The highest BCUT2D eigenvalue weighted by Gasteiger charge is 2.39. The first-order valence-electron chi connectivity index (χ1n) is 8.11. The summed E-state index contributed by atoms with van der Waals surface area (Å²) in [6.45, 7) is 9.11. The van der Waals surface area contributed by atoms with Crippen molar-refractivity contribution >= 4 is 6.09 Å². The van der Waals surface area contributed by atoms with Crippen LogP contribution in [0.5, 0.6) is 0 Å². The van der Waals surface area contributed by atoms with Gasteiger partial charge >= 0.3 is 6.09 Å². The van der Waals surface area contributed by atoms with E-state index in [2.05, 4.69) is 17.6 Å². The van der Waals surface area contributed by atoms with Gasteiger partial charge < -0.3 is 19.8 Å². The fourth-order valence-corrected chi connectivity index (χ4v) is 2.60. The van der Waals surface area contributed by atoms with Crippen LogP contribution in [0.2, 0.25) is 0 Å². The number of aryl methyl sites for hydroxylation is 1. The molecule has 22 heavy (non-hydrogen) atoms. The summed E-state index contributed by atoms with van der Waals surface area (Å²) >= 11 is 0. The first kappa shape index (κ1) is 16.9. The molecule has 5 nitrogen and oxygen atoms in total. The molecule has 0 radical (unpaired) electrons. The van der Waals surface area contributed by atoms with Gasteiger partial charge in [0.05, 0.1) is 12.1 Å². The average molecular weight is 308 g/mol. The van der Waals surface area contributed by atoms with E-state index in [1.807, 2.05) is 32.9 Å². The molecule has 0 atom stereocenters. The zero-order chi connectivity index (χ0) is 16.2. The zero-order valence-electron chi connectivity index (χ0n) is 14.1. The van der Waals surface area contributed by atoms with E-state index in [9.17, 15) is 4.79 Å². The molecule has 2 N–H and O–H groups in total. The van der Waals surface area contributed by atoms with Crippen LogP contribution in [0.3, 0.4) is 0 Å². The molecule has 124 valence electrons. The highest BCUT2D eigenvalue weighted by atomic mass is 16.6. The van der Waals surface area contributed by atoms with E-state index in [0.29, 0.717) is 6.54 Å². The van der Waals surface area contributed by atoms with E-state index >= 15 is 0 Å². The zero-order valence-corrected chi connectivity index (χ0v) is 14.1. The Balaban J connectivity index is 1.79. The minimum atomic E-state index is -0.465. The largest absolute Gasteiger partial charge is 0.465 e. The SMILES string of the molecule is CCc1ccc(CNCC2(NC(=O)OC(C)(C)C)CCC2)o1. The van der Waals surface area contributed by atoms with Gasteiger partial charge in [-0.05, 0) is 52.2 Å². The van der Waals surface area contributed by atoms with Gasteiger partial charge in [-0.2, -0.15) is 0 Å². The van der Waals surface area contributed by atoms with Crippen molar-refractivity contribution in [1.29, 1.82) is 0 Å². The fourth-order valence-electron chi connectivity index (χ4n) is 2.60. The van der Waals surface area contributed by atoms with Gasteiger partial charge in [0.2, 0.25) is 0 Å². The molecule has 0 saturated heterocycles. The van der Waals surface area contributed by atoms with Crippen molar-refractivity contribution in [2.75, 3.05) is 6.54 Å². The number of amides is 1. The van der Waals surface area contributed by atoms with Gasteiger partial charge in [0, 0.05) is 13.0 Å². The van der Waals surface area contributed by atoms with Gasteiger partial charge in [0.15, 0.2) is 0 Å². The van der Waals surface area contributed by atoms with Crippen LogP contribution >= 0.6 is 0 Å². The summed E-state index contributed by atoms with van der Waals surface area (Å²) in [7, 11) is 0. The fraction of sp³-hybridized carbons (Fsp3) is 0.706. The topological polar surface area (TPSA) is 63.5 Å². The number of nitrogens with one attached hydrogen (secondary N) is 2. The standard InChI is InChI=1S/C17H28N2O3/c1-5-13-7-8-14(21-13)11-18-12-17(9-6-10-17)19-15(20)22-16(2,3)4/h7-8,18H,5-6,9-12H2,1-4H3,(H,19,20). The van der Waals surface area contributed by atoms with Crippen LogP contribution in [0.1, 0.15) is 58.5 Å². The lowest BCUT2D eigenvalue weighted by atomic mass is 9.76. The lowest BCUT2D eigenvalue weighted by Crippen LogP contribution is -2.59. The molecule has 0 aromatic carbocycles. The molecular formula is C17H28N2O3. The lowest BCUT2D eigenvalue weighted by Gasteiger charge is -2.42. The number of furan rings is 1. The Morgan fingerprint density at radius 1 is 1.32 bits per heavy atom. The molecule has 1 saturated carbocycles. The number of ether oxygens (including phenoxy) is 1. The predicted octanol–water partition coefficient (Wildman–Crippen LogP) is 3.38. The van der Waals surface area contributed by atoms with Crippen molar-refractivity contribution in [1.82, 2.24) is 10.6 Å². The third-order valence-corrected chi connectivity index (χ3v) is 3.91. The highest BCUT2D eigenvalue weighted by Crippen LogP contribution is 2.31. The number of carbonyl (C=O) groups is 1. The van der Waals surface area contributed by atoms with Crippen LogP contribution in [0.15, 0.2) is 16.5 Å². The second-order valence-corrected chi connectivity index (χ2v) is 7.09. The van der Waals surface area contributed by atoms with Crippen molar-refractivity contribution < 1.29 is 13.9 Å². The van der Waals surface area contributed by atoms with Crippen molar-refractivity contribution in [3.8, 4) is 0 Å². The third-order valence-electron chi connectivity index (χ3n) is 3.91. The summed E-state index contributed by atoms with van der Waals surface area (Å²) in [5.74, 6) is 1.94. The first-order chi connectivity index (χ1) is 10.3. The minimum absolute atomic E-state index is 0.178. The van der Waals surface area contributed by atoms with Crippen molar-refractivity contribution in [3.05, 3.63) is 23.7 Å². The molecule has 1 heterocycles. The van der Waals surface area contributed by atoms with Crippen LogP contribution in [0.25, 0.3) is 0 Å². The number of hydrogen-bond acceptors (Lipinski definition) is 4. The number of alkyl carbamates (subject to hydrolysis) is 1. The molecule has 5 heteroatoms. The van der Waals surface area contributed by atoms with E-state index < -0.39 is 5.60 Å². The van der Waals surface area contributed by atoms with Crippen LogP contribution in [-0.2, 0) is 17.7 Å². The Hall–Kier alpha value is -1.49. The normalized spacial score (nSPS) is 16.9. The van der Waals surface area contributed by atoms with Gasteiger partial charge in [0.25, 0.3) is 0 Å². The lowest BCUT2D eigenvalue weighted by molar-refractivity contribution is 0.0382. The van der Waals surface area contributed by atoms with Crippen LogP contribution in [0, 0.1) is 0 Å². The summed E-state index contributed by atoms with van der Waals surface area (Å²) in [5, 5.41) is 6.42. The molecule has 0 unspecified atom stereocenters. The van der Waals surface area contributed by atoms with Crippen molar-refractivity contribution in [2.45, 2.75) is 71.1 Å². The Morgan fingerprint density at radius 3 is 2.50 bits per heavy atom. The molecule has 1 aliphatic carbocycles. The third kappa shape index (κ3) is 4.77. The van der Waals surface area contributed by atoms with E-state index in [1.165, 1.54) is 0 Å². The molecule has 2 rings (SSSR count). The van der Waals surface area contributed by atoms with Crippen LogP contribution in [-0.4, -0.2) is 23.8 Å². The molecule has 0 aliphatic heterocycles. The Bertz CT molecular complexity index is 498. The molecule has 0 spiro atoms. The molecule has 1 aliphatic rings. The summed E-state index contributed by atoms with van der Waals surface area (Å²) in [6, 6.07) is 4.01. The van der Waals surface area contributed by atoms with Crippen molar-refractivity contribution in [2.24, 2.45) is 0 Å². The smallest absolute Gasteiger partial charge is 0.408 e. The van der Waals surface area contributed by atoms with Gasteiger partial charge in [-0.3, -0.25) is 0 Å². The van der Waals surface area contributed by atoms with E-state index in [1.54, 1.807) is 0 Å². The van der Waals surface area contributed by atoms with Gasteiger partial charge in [-0.15, -0.1) is 0 Å². The number of rotatable bonds is 6. The van der Waals surface area contributed by atoms with Gasteiger partial charge in [-0.1, -0.05) is 6.92 Å². The van der Waals surface area contributed by atoms with Gasteiger partial charge in [-0.25, -0.2) is 4.79 Å². The Morgan fingerprint density at radius 2 is 2.00 bits per heavy atom. The summed E-state index contributed by atoms with van der Waals surface area (Å²) in [4.78, 5) is 12.0. The second kappa shape index (κ2) is 6.73. The first-order valence-corrected chi connectivity index (χ1v) is 8.11. The monoisotopic (exact) mass is 308 g/mol. The predicted molar refractivity (Wildman–Crippen MR) is 85.7 cm³/mol. The summed E-state index contributed by atoms with van der Waals surface area (Å²) < 4.78 is 11.0. The highest BCUT2D eigenvalue weighted by molar-refractivity contribution is 5.69. The van der Waals surface area contributed by atoms with E-state index in [-0.39, 0.29) is 11.6 Å². The molecule has 1 amide bonds. The molecule has 1 fully saturated rings. The Kier molecular flexibility index (Phi) is 5.16. The molecule has 1 aromatic rings. The molecular weight excluding hydrogens is 280 g/mol. The number of carbonyl (C=O) groups excluding carboxylic acids is 1. The van der Waals surface area contributed by atoms with Crippen LogP contribution < -0.4 is 10.6 Å². The maximum atomic E-state index is 12.0. The minimum Gasteiger partial charge on any atom is -0.465 e. The summed E-state index contributed by atoms with van der Waals surface area (Å²) in [5.41, 5.74) is -0.643. The quantitative estimate of drug-likeness (QED) is 0.845. The average Bonchev–Trinajstić information content (AvgIpc) is 2.81. The van der Waals surface area contributed by atoms with E-state index in [4.69, 9.17) is 9.15 Å². The second-order valence-electron chi connectivity index (χ2n) is 7.09.